The molecule has 1 N–H and O–H groups in total. The Morgan fingerprint density at radius 2 is 1.83 bits per heavy atom. The smallest absolute Gasteiger partial charge is 0.398 e. The van der Waals surface area contributed by atoms with Crippen molar-refractivity contribution >= 4 is 35.1 Å². The van der Waals surface area contributed by atoms with Gasteiger partial charge in [0.1, 0.15) is 5.75 Å². The molecule has 0 spiro atoms. The molecule has 30 heavy (non-hydrogen) atoms. The van der Waals surface area contributed by atoms with E-state index in [1.807, 2.05) is 0 Å². The van der Waals surface area contributed by atoms with Gasteiger partial charge in [0.15, 0.2) is 0 Å². The first-order valence-corrected chi connectivity index (χ1v) is 10.5. The van der Waals surface area contributed by atoms with E-state index in [1.165, 1.54) is 6.07 Å². The Morgan fingerprint density at radius 3 is 2.53 bits per heavy atom. The van der Waals surface area contributed by atoms with E-state index in [-0.39, 0.29) is 11.0 Å². The van der Waals surface area contributed by atoms with E-state index in [1.54, 1.807) is 49.6 Å². The van der Waals surface area contributed by atoms with Gasteiger partial charge in [-0.2, -0.15) is 13.2 Å². The van der Waals surface area contributed by atoms with Gasteiger partial charge >= 0.3 is 6.18 Å². The van der Waals surface area contributed by atoms with Gasteiger partial charge in [-0.1, -0.05) is 23.9 Å². The Morgan fingerprint density at radius 1 is 1.10 bits per heavy atom. The van der Waals surface area contributed by atoms with Gasteiger partial charge < -0.3 is 14.5 Å². The van der Waals surface area contributed by atoms with Crippen molar-refractivity contribution in [1.29, 1.82) is 0 Å². The van der Waals surface area contributed by atoms with Crippen LogP contribution in [0.25, 0.3) is 11.5 Å². The summed E-state index contributed by atoms with van der Waals surface area (Å²) in [5, 5.41) is 10.7. The summed E-state index contributed by atoms with van der Waals surface area (Å²) in [4.78, 5) is 12.6. The average molecular weight is 455 g/mol. The van der Waals surface area contributed by atoms with Crippen molar-refractivity contribution in [2.75, 3.05) is 23.9 Å². The second-order valence-corrected chi connectivity index (χ2v) is 7.78. The molecule has 0 aliphatic carbocycles. The van der Waals surface area contributed by atoms with Crippen molar-refractivity contribution in [1.82, 2.24) is 10.2 Å². The Balaban J connectivity index is 1.56. The number of nitrogens with zero attached hydrogens (tertiary/aromatic N) is 2. The number of thioether (sulfide) groups is 2. The molecule has 0 radical (unpaired) electrons. The monoisotopic (exact) mass is 455 g/mol. The maximum Gasteiger partial charge on any atom is 0.398 e. The van der Waals surface area contributed by atoms with Crippen LogP contribution in [0.5, 0.6) is 5.75 Å². The maximum absolute atomic E-state index is 12.5. The number of carbonyl (C=O) groups excluding carboxylic acids is 1. The topological polar surface area (TPSA) is 77.2 Å². The number of alkyl halides is 3. The predicted molar refractivity (Wildman–Crippen MR) is 109 cm³/mol. The van der Waals surface area contributed by atoms with E-state index in [0.717, 1.165) is 11.8 Å². The van der Waals surface area contributed by atoms with Crippen LogP contribution in [0.4, 0.5) is 18.9 Å². The molecule has 0 bridgehead atoms. The van der Waals surface area contributed by atoms with Crippen LogP contribution < -0.4 is 10.1 Å². The zero-order valence-corrected chi connectivity index (χ0v) is 17.2. The van der Waals surface area contributed by atoms with E-state index in [2.05, 4.69) is 15.5 Å². The minimum atomic E-state index is -4.29. The summed E-state index contributed by atoms with van der Waals surface area (Å²) in [6.07, 6.45) is -4.29. The minimum Gasteiger partial charge on any atom is -0.497 e. The van der Waals surface area contributed by atoms with Gasteiger partial charge in [-0.25, -0.2) is 0 Å². The predicted octanol–water partition coefficient (Wildman–Crippen LogP) is 5.13. The normalized spacial score (nSPS) is 11.3. The summed E-state index contributed by atoms with van der Waals surface area (Å²) in [6.45, 7) is 0. The van der Waals surface area contributed by atoms with Crippen molar-refractivity contribution < 1.29 is 27.1 Å². The lowest BCUT2D eigenvalue weighted by molar-refractivity contribution is -0.113. The fraction of sp³-hybridized carbons (Fsp3) is 0.211. The van der Waals surface area contributed by atoms with Crippen molar-refractivity contribution in [2.24, 2.45) is 0 Å². The molecular weight excluding hydrogens is 439 g/mol. The first-order valence-electron chi connectivity index (χ1n) is 8.53. The lowest BCUT2D eigenvalue weighted by Crippen LogP contribution is -2.15. The number of amides is 1. The zero-order valence-electron chi connectivity index (χ0n) is 15.6. The molecule has 2 aromatic carbocycles. The van der Waals surface area contributed by atoms with Crippen molar-refractivity contribution in [3.05, 3.63) is 48.5 Å². The molecule has 0 saturated heterocycles. The van der Waals surface area contributed by atoms with Gasteiger partial charge in [-0.15, -0.1) is 22.0 Å². The summed E-state index contributed by atoms with van der Waals surface area (Å²) in [6, 6.07) is 13.4. The van der Waals surface area contributed by atoms with E-state index >= 15 is 0 Å². The highest BCUT2D eigenvalue weighted by Gasteiger charge is 2.27. The summed E-state index contributed by atoms with van der Waals surface area (Å²) in [7, 11) is 1.56. The molecular formula is C19H16F3N3O3S2. The number of hydrogen-bond acceptors (Lipinski definition) is 7. The quantitative estimate of drug-likeness (QED) is 0.472. The number of nitrogens with one attached hydrogen (secondary N) is 1. The number of para-hydroxylation sites is 1. The van der Waals surface area contributed by atoms with Crippen LogP contribution in [0.3, 0.4) is 0 Å². The summed E-state index contributed by atoms with van der Waals surface area (Å²) < 4.78 is 48.0. The zero-order chi connectivity index (χ0) is 21.6. The number of aromatic nitrogens is 2. The molecule has 158 valence electrons. The van der Waals surface area contributed by atoms with Crippen molar-refractivity contribution in [2.45, 2.75) is 16.3 Å². The molecule has 6 nitrogen and oxygen atoms in total. The third-order valence-electron chi connectivity index (χ3n) is 3.62. The van der Waals surface area contributed by atoms with Gasteiger partial charge in [-0.05, 0) is 36.4 Å². The molecule has 0 aliphatic rings. The van der Waals surface area contributed by atoms with Crippen LogP contribution >= 0.6 is 23.5 Å². The highest BCUT2D eigenvalue weighted by Crippen LogP contribution is 2.32. The van der Waals surface area contributed by atoms with Crippen LogP contribution in [0.1, 0.15) is 0 Å². The Kier molecular flexibility index (Phi) is 7.27. The summed E-state index contributed by atoms with van der Waals surface area (Å²) >= 11 is 1.65. The molecule has 1 aromatic heterocycles. The van der Waals surface area contributed by atoms with Crippen LogP contribution in [-0.2, 0) is 4.79 Å². The number of benzene rings is 2. The highest BCUT2D eigenvalue weighted by molar-refractivity contribution is 7.99. The van der Waals surface area contributed by atoms with E-state index in [0.29, 0.717) is 39.5 Å². The molecule has 3 rings (SSSR count). The fourth-order valence-corrected chi connectivity index (χ4v) is 3.62. The van der Waals surface area contributed by atoms with Crippen molar-refractivity contribution in [3.63, 3.8) is 0 Å². The molecule has 1 heterocycles. The van der Waals surface area contributed by atoms with Crippen LogP contribution in [0.15, 0.2) is 63.1 Å². The standard InChI is InChI=1S/C19H16F3N3O3S2/c1-27-13-8-6-12(7-9-13)17-24-25-18(28-17)29-10-16(26)23-14-4-2-3-5-15(14)30-11-19(20,21)22/h2-9H,10-11H2,1H3,(H,23,26). The number of halogens is 3. The van der Waals surface area contributed by atoms with Crippen LogP contribution in [0.2, 0.25) is 0 Å². The Bertz CT molecular complexity index is 994. The first-order chi connectivity index (χ1) is 14.3. The Labute approximate surface area is 178 Å². The molecule has 0 saturated carbocycles. The summed E-state index contributed by atoms with van der Waals surface area (Å²) in [5.41, 5.74) is 1.03. The van der Waals surface area contributed by atoms with E-state index < -0.39 is 17.8 Å². The Hall–Kier alpha value is -2.66. The fourth-order valence-electron chi connectivity index (χ4n) is 2.29. The molecule has 0 fully saturated rings. The molecule has 1 amide bonds. The number of rotatable bonds is 8. The van der Waals surface area contributed by atoms with Gasteiger partial charge in [0, 0.05) is 10.5 Å². The van der Waals surface area contributed by atoms with Gasteiger partial charge in [-0.3, -0.25) is 4.79 Å². The highest BCUT2D eigenvalue weighted by atomic mass is 32.2. The van der Waals surface area contributed by atoms with Gasteiger partial charge in [0.2, 0.25) is 11.8 Å². The number of ether oxygens (including phenoxy) is 1. The number of anilines is 1. The third-order valence-corrected chi connectivity index (χ3v) is 5.58. The number of methoxy groups -OCH3 is 1. The number of carbonyl (C=O) groups is 1. The molecule has 0 atom stereocenters. The third kappa shape index (κ3) is 6.42. The SMILES string of the molecule is COc1ccc(-c2nnc(SCC(=O)Nc3ccccc3SCC(F)(F)F)o2)cc1. The average Bonchev–Trinajstić information content (AvgIpc) is 3.20. The van der Waals surface area contributed by atoms with E-state index in [9.17, 15) is 18.0 Å². The van der Waals surface area contributed by atoms with Crippen LogP contribution in [-0.4, -0.2) is 40.9 Å². The molecule has 3 aromatic rings. The molecule has 11 heteroatoms. The first kappa shape index (κ1) is 22.0. The molecule has 0 unspecified atom stereocenters. The van der Waals surface area contributed by atoms with E-state index in [4.69, 9.17) is 9.15 Å². The summed E-state index contributed by atoms with van der Waals surface area (Å²) in [5.74, 6) is -0.482. The lowest BCUT2D eigenvalue weighted by Gasteiger charge is -2.11. The van der Waals surface area contributed by atoms with Crippen LogP contribution in [0, 0.1) is 0 Å². The largest absolute Gasteiger partial charge is 0.497 e. The maximum atomic E-state index is 12.5. The molecule has 0 aliphatic heterocycles. The van der Waals surface area contributed by atoms with Gasteiger partial charge in [0.25, 0.3) is 5.22 Å². The number of hydrogen-bond donors (Lipinski definition) is 1. The van der Waals surface area contributed by atoms with Crippen molar-refractivity contribution in [3.8, 4) is 17.2 Å². The second-order valence-electron chi connectivity index (χ2n) is 5.84. The second kappa shape index (κ2) is 9.90. The lowest BCUT2D eigenvalue weighted by atomic mass is 10.2. The minimum absolute atomic E-state index is 0.0392. The van der Waals surface area contributed by atoms with Gasteiger partial charge in [0.05, 0.1) is 24.3 Å².